The number of anilines is 3. The van der Waals surface area contributed by atoms with Gasteiger partial charge < -0.3 is 10.6 Å². The highest BCUT2D eigenvalue weighted by Gasteiger charge is 2.04. The molecule has 6 heteroatoms. The van der Waals surface area contributed by atoms with Gasteiger partial charge in [-0.1, -0.05) is 18.5 Å². The zero-order valence-electron chi connectivity index (χ0n) is 10.5. The molecule has 2 N–H and O–H groups in total. The van der Waals surface area contributed by atoms with Gasteiger partial charge in [-0.05, 0) is 30.7 Å². The summed E-state index contributed by atoms with van der Waals surface area (Å²) in [7, 11) is 0. The largest absolute Gasteiger partial charge is 0.354 e. The fourth-order valence-electron chi connectivity index (χ4n) is 1.48. The second-order valence-corrected chi connectivity index (χ2v) is 4.35. The first kappa shape index (κ1) is 13.5. The Bertz CT molecular complexity index is 562. The van der Waals surface area contributed by atoms with Crippen LogP contribution in [0.2, 0.25) is 5.02 Å². The van der Waals surface area contributed by atoms with Gasteiger partial charge in [0.2, 0.25) is 5.95 Å². The lowest BCUT2D eigenvalue weighted by Gasteiger charge is -2.09. The third kappa shape index (κ3) is 3.79. The number of hydrogen-bond acceptors (Lipinski definition) is 4. The first-order valence-corrected chi connectivity index (χ1v) is 6.36. The van der Waals surface area contributed by atoms with Crippen LogP contribution in [0.1, 0.15) is 13.3 Å². The first-order valence-electron chi connectivity index (χ1n) is 5.98. The van der Waals surface area contributed by atoms with Crippen molar-refractivity contribution < 1.29 is 4.39 Å². The molecule has 2 rings (SSSR count). The van der Waals surface area contributed by atoms with Gasteiger partial charge in [0.1, 0.15) is 11.6 Å². The van der Waals surface area contributed by atoms with E-state index in [9.17, 15) is 4.39 Å². The summed E-state index contributed by atoms with van der Waals surface area (Å²) < 4.78 is 12.9. The van der Waals surface area contributed by atoms with Gasteiger partial charge in [-0.3, -0.25) is 0 Å². The lowest BCUT2D eigenvalue weighted by molar-refractivity contribution is 0.628. The molecule has 1 aromatic carbocycles. The van der Waals surface area contributed by atoms with E-state index >= 15 is 0 Å². The molecule has 0 fully saturated rings. The molecule has 2 aromatic rings. The summed E-state index contributed by atoms with van der Waals surface area (Å²) in [6.07, 6.45) is 2.63. The van der Waals surface area contributed by atoms with E-state index in [1.54, 1.807) is 18.3 Å². The van der Waals surface area contributed by atoms with Crippen molar-refractivity contribution in [3.63, 3.8) is 0 Å². The highest BCUT2D eigenvalue weighted by molar-refractivity contribution is 6.33. The zero-order chi connectivity index (χ0) is 13.7. The van der Waals surface area contributed by atoms with Crippen LogP contribution in [0.3, 0.4) is 0 Å². The van der Waals surface area contributed by atoms with Gasteiger partial charge in [0.25, 0.3) is 0 Å². The highest BCUT2D eigenvalue weighted by atomic mass is 35.5. The lowest BCUT2D eigenvalue weighted by atomic mass is 10.3. The van der Waals surface area contributed by atoms with E-state index in [0.717, 1.165) is 13.0 Å². The molecule has 1 aromatic heterocycles. The van der Waals surface area contributed by atoms with Crippen molar-refractivity contribution in [1.29, 1.82) is 0 Å². The number of nitrogens with one attached hydrogen (secondary N) is 2. The molecule has 100 valence electrons. The van der Waals surface area contributed by atoms with Crippen LogP contribution in [0.4, 0.5) is 21.8 Å². The Balaban J connectivity index is 2.14. The van der Waals surface area contributed by atoms with Crippen molar-refractivity contribution in [2.45, 2.75) is 13.3 Å². The number of rotatable bonds is 5. The van der Waals surface area contributed by atoms with Crippen molar-refractivity contribution in [1.82, 2.24) is 9.97 Å². The number of aromatic nitrogens is 2. The van der Waals surface area contributed by atoms with Gasteiger partial charge in [0, 0.05) is 12.7 Å². The Morgan fingerprint density at radius 2 is 2.16 bits per heavy atom. The van der Waals surface area contributed by atoms with E-state index in [0.29, 0.717) is 22.5 Å². The van der Waals surface area contributed by atoms with Crippen molar-refractivity contribution >= 4 is 29.1 Å². The Morgan fingerprint density at radius 3 is 2.89 bits per heavy atom. The van der Waals surface area contributed by atoms with Gasteiger partial charge in [-0.15, -0.1) is 0 Å². The molecular formula is C13H14ClFN4. The van der Waals surface area contributed by atoms with Crippen LogP contribution in [-0.2, 0) is 0 Å². The smallest absolute Gasteiger partial charge is 0.224 e. The first-order chi connectivity index (χ1) is 9.19. The van der Waals surface area contributed by atoms with E-state index in [1.165, 1.54) is 12.1 Å². The molecule has 0 amide bonds. The molecule has 0 spiro atoms. The monoisotopic (exact) mass is 280 g/mol. The van der Waals surface area contributed by atoms with E-state index in [4.69, 9.17) is 11.6 Å². The summed E-state index contributed by atoms with van der Waals surface area (Å²) in [5.74, 6) is 0.774. The Morgan fingerprint density at radius 1 is 1.32 bits per heavy atom. The lowest BCUT2D eigenvalue weighted by Crippen LogP contribution is -2.05. The quantitative estimate of drug-likeness (QED) is 0.874. The third-order valence-corrected chi connectivity index (χ3v) is 2.70. The minimum Gasteiger partial charge on any atom is -0.354 e. The number of hydrogen-bond donors (Lipinski definition) is 2. The maximum Gasteiger partial charge on any atom is 0.224 e. The molecule has 0 saturated carbocycles. The van der Waals surface area contributed by atoms with Gasteiger partial charge in [0.05, 0.1) is 10.7 Å². The predicted molar refractivity (Wildman–Crippen MR) is 75.5 cm³/mol. The molecule has 0 aliphatic carbocycles. The zero-order valence-corrected chi connectivity index (χ0v) is 11.2. The number of halogens is 2. The van der Waals surface area contributed by atoms with Crippen LogP contribution in [0.5, 0.6) is 0 Å². The van der Waals surface area contributed by atoms with E-state index in [-0.39, 0.29) is 5.82 Å². The molecule has 1 heterocycles. The van der Waals surface area contributed by atoms with Crippen molar-refractivity contribution in [3.8, 4) is 0 Å². The van der Waals surface area contributed by atoms with E-state index in [1.807, 2.05) is 0 Å². The van der Waals surface area contributed by atoms with E-state index < -0.39 is 0 Å². The van der Waals surface area contributed by atoms with E-state index in [2.05, 4.69) is 27.5 Å². The Labute approximate surface area is 116 Å². The summed E-state index contributed by atoms with van der Waals surface area (Å²) in [4.78, 5) is 8.38. The summed E-state index contributed by atoms with van der Waals surface area (Å²) >= 11 is 5.94. The summed E-state index contributed by atoms with van der Waals surface area (Å²) in [6, 6.07) is 5.88. The molecule has 0 aliphatic rings. The molecule has 0 atom stereocenters. The van der Waals surface area contributed by atoms with Crippen LogP contribution in [0.15, 0.2) is 30.5 Å². The number of nitrogens with zero attached hydrogens (tertiary/aromatic N) is 2. The third-order valence-electron chi connectivity index (χ3n) is 2.38. The average molecular weight is 281 g/mol. The summed E-state index contributed by atoms with van der Waals surface area (Å²) in [6.45, 7) is 2.87. The van der Waals surface area contributed by atoms with Crippen LogP contribution in [0.25, 0.3) is 0 Å². The number of benzene rings is 1. The highest BCUT2D eigenvalue weighted by Crippen LogP contribution is 2.25. The van der Waals surface area contributed by atoms with Gasteiger partial charge >= 0.3 is 0 Å². The maximum atomic E-state index is 12.9. The predicted octanol–water partition coefficient (Wildman–Crippen LogP) is 3.83. The summed E-state index contributed by atoms with van der Waals surface area (Å²) in [5.41, 5.74) is 0.600. The SMILES string of the molecule is CCCNc1nccc(Nc2ccc(F)cc2Cl)n1. The normalized spacial score (nSPS) is 10.3. The van der Waals surface area contributed by atoms with Gasteiger partial charge in [-0.2, -0.15) is 4.98 Å². The Kier molecular flexibility index (Phi) is 4.52. The molecular weight excluding hydrogens is 267 g/mol. The molecule has 0 radical (unpaired) electrons. The fourth-order valence-corrected chi connectivity index (χ4v) is 1.69. The fraction of sp³-hybridized carbons (Fsp3) is 0.231. The Hall–Kier alpha value is -1.88. The van der Waals surface area contributed by atoms with Crippen molar-refractivity contribution in [2.24, 2.45) is 0 Å². The molecule has 4 nitrogen and oxygen atoms in total. The summed E-state index contributed by atoms with van der Waals surface area (Å²) in [5, 5.41) is 6.42. The molecule has 0 saturated heterocycles. The van der Waals surface area contributed by atoms with Gasteiger partial charge in [0.15, 0.2) is 0 Å². The van der Waals surface area contributed by atoms with Gasteiger partial charge in [-0.25, -0.2) is 9.37 Å². The maximum absolute atomic E-state index is 12.9. The molecule has 0 unspecified atom stereocenters. The molecule has 0 aliphatic heterocycles. The minimum atomic E-state index is -0.372. The van der Waals surface area contributed by atoms with Crippen LogP contribution in [0, 0.1) is 5.82 Å². The standard InChI is InChI=1S/C13H14ClFN4/c1-2-6-16-13-17-7-5-12(19-13)18-11-4-3-9(15)8-10(11)14/h3-5,7-8H,2,6H2,1H3,(H2,16,17,18,19). The van der Waals surface area contributed by atoms with Crippen LogP contribution in [-0.4, -0.2) is 16.5 Å². The average Bonchev–Trinajstić information content (AvgIpc) is 2.40. The van der Waals surface area contributed by atoms with Crippen molar-refractivity contribution in [3.05, 3.63) is 41.3 Å². The van der Waals surface area contributed by atoms with Crippen molar-refractivity contribution in [2.75, 3.05) is 17.2 Å². The second kappa shape index (κ2) is 6.33. The second-order valence-electron chi connectivity index (χ2n) is 3.94. The topological polar surface area (TPSA) is 49.8 Å². The van der Waals surface area contributed by atoms with Crippen LogP contribution >= 0.6 is 11.6 Å². The molecule has 19 heavy (non-hydrogen) atoms. The minimum absolute atomic E-state index is 0.307. The van der Waals surface area contributed by atoms with Crippen LogP contribution < -0.4 is 10.6 Å². The molecule has 0 bridgehead atoms.